The number of nitrogens with one attached hydrogen (secondary N) is 2. The van der Waals surface area contributed by atoms with Crippen molar-refractivity contribution >= 4 is 23.8 Å². The van der Waals surface area contributed by atoms with Gasteiger partial charge in [-0.3, -0.25) is 19.3 Å². The molecule has 0 bridgehead atoms. The predicted molar refractivity (Wildman–Crippen MR) is 89.9 cm³/mol. The zero-order valence-corrected chi connectivity index (χ0v) is 15.3. The molecule has 2 saturated heterocycles. The molecule has 3 fully saturated rings. The first-order chi connectivity index (χ1) is 13.1. The molecule has 1 atom stereocenters. The fourth-order valence-electron chi connectivity index (χ4n) is 4.18. The third-order valence-corrected chi connectivity index (χ3v) is 5.59. The molecule has 1 unspecified atom stereocenters. The molecule has 0 radical (unpaired) electrons. The molecule has 0 aromatic carbocycles. The van der Waals surface area contributed by atoms with Gasteiger partial charge in [0, 0.05) is 6.54 Å². The van der Waals surface area contributed by atoms with Gasteiger partial charge in [0.1, 0.15) is 24.7 Å². The quantitative estimate of drug-likeness (QED) is 0.681. The van der Waals surface area contributed by atoms with Crippen LogP contribution in [0.2, 0.25) is 0 Å². The summed E-state index contributed by atoms with van der Waals surface area (Å²) in [6, 6.07) is -1.67. The number of nitrogens with zero attached hydrogens (tertiary/aromatic N) is 2. The molecule has 2 aliphatic heterocycles. The third-order valence-electron chi connectivity index (χ3n) is 5.59. The highest BCUT2D eigenvalue weighted by atomic mass is 19.4. The lowest BCUT2D eigenvalue weighted by Crippen LogP contribution is -2.51. The summed E-state index contributed by atoms with van der Waals surface area (Å²) in [6.07, 6.45) is -0.213. The number of rotatable bonds is 4. The Morgan fingerprint density at radius 1 is 1.14 bits per heavy atom. The first-order valence-corrected chi connectivity index (χ1v) is 9.41. The van der Waals surface area contributed by atoms with E-state index in [2.05, 4.69) is 5.32 Å². The van der Waals surface area contributed by atoms with Gasteiger partial charge in [0.25, 0.3) is 5.91 Å². The largest absolute Gasteiger partial charge is 0.405 e. The van der Waals surface area contributed by atoms with Crippen molar-refractivity contribution < 1.29 is 32.3 Å². The van der Waals surface area contributed by atoms with E-state index in [0.29, 0.717) is 19.3 Å². The maximum absolute atomic E-state index is 12.7. The van der Waals surface area contributed by atoms with Crippen LogP contribution in [-0.2, 0) is 14.4 Å². The van der Waals surface area contributed by atoms with Crippen LogP contribution in [0.4, 0.5) is 18.0 Å². The second-order valence-electron chi connectivity index (χ2n) is 7.54. The lowest BCUT2D eigenvalue weighted by atomic mass is 9.82. The van der Waals surface area contributed by atoms with Crippen molar-refractivity contribution in [3.05, 3.63) is 0 Å². The van der Waals surface area contributed by atoms with Gasteiger partial charge in [-0.2, -0.15) is 13.2 Å². The summed E-state index contributed by atoms with van der Waals surface area (Å²) >= 11 is 0. The number of urea groups is 1. The summed E-state index contributed by atoms with van der Waals surface area (Å²) in [5, 5.41) is 4.49. The molecular formula is C17H23F3N4O4. The fourth-order valence-corrected chi connectivity index (χ4v) is 4.18. The van der Waals surface area contributed by atoms with Crippen LogP contribution >= 0.6 is 0 Å². The summed E-state index contributed by atoms with van der Waals surface area (Å²) < 4.78 is 36.9. The highest BCUT2D eigenvalue weighted by Gasteiger charge is 2.52. The van der Waals surface area contributed by atoms with E-state index in [9.17, 15) is 32.3 Å². The van der Waals surface area contributed by atoms with Crippen LogP contribution < -0.4 is 10.6 Å². The van der Waals surface area contributed by atoms with Crippen LogP contribution in [0.15, 0.2) is 0 Å². The minimum Gasteiger partial charge on any atom is -0.345 e. The van der Waals surface area contributed by atoms with Gasteiger partial charge < -0.3 is 15.5 Å². The van der Waals surface area contributed by atoms with Crippen LogP contribution in [0.5, 0.6) is 0 Å². The smallest absolute Gasteiger partial charge is 0.345 e. The number of hydrogen-bond acceptors (Lipinski definition) is 4. The number of likely N-dealkylation sites (tertiary alicyclic amines) is 1. The molecule has 3 aliphatic rings. The highest BCUT2D eigenvalue weighted by molar-refractivity contribution is 6.09. The average molecular weight is 404 g/mol. The molecule has 5 amide bonds. The van der Waals surface area contributed by atoms with Crippen molar-refractivity contribution in [1.82, 2.24) is 20.4 Å². The molecule has 0 aromatic rings. The molecule has 1 saturated carbocycles. The normalized spacial score (nSPS) is 24.6. The third kappa shape index (κ3) is 4.07. The van der Waals surface area contributed by atoms with E-state index in [1.165, 1.54) is 0 Å². The van der Waals surface area contributed by atoms with E-state index in [1.54, 1.807) is 5.32 Å². The van der Waals surface area contributed by atoms with Gasteiger partial charge in [0.2, 0.25) is 11.8 Å². The van der Waals surface area contributed by atoms with Crippen molar-refractivity contribution in [3.63, 3.8) is 0 Å². The van der Waals surface area contributed by atoms with Crippen molar-refractivity contribution in [2.75, 3.05) is 19.6 Å². The molecule has 156 valence electrons. The van der Waals surface area contributed by atoms with Crippen molar-refractivity contribution in [1.29, 1.82) is 0 Å². The Balaban J connectivity index is 1.62. The number of carbonyl (C=O) groups is 4. The molecule has 2 heterocycles. The zero-order valence-electron chi connectivity index (χ0n) is 15.3. The maximum Gasteiger partial charge on any atom is 0.405 e. The summed E-state index contributed by atoms with van der Waals surface area (Å²) in [5.41, 5.74) is -0.954. The van der Waals surface area contributed by atoms with Crippen LogP contribution in [0.25, 0.3) is 0 Å². The Labute approximate surface area is 159 Å². The Bertz CT molecular complexity index is 676. The van der Waals surface area contributed by atoms with Crippen LogP contribution in [0.3, 0.4) is 0 Å². The minimum absolute atomic E-state index is 0.192. The van der Waals surface area contributed by atoms with Gasteiger partial charge in [0.15, 0.2) is 0 Å². The van der Waals surface area contributed by atoms with Crippen LogP contribution in [0, 0.1) is 0 Å². The molecule has 28 heavy (non-hydrogen) atoms. The van der Waals surface area contributed by atoms with Gasteiger partial charge >= 0.3 is 12.2 Å². The number of halogens is 3. The molecule has 8 nitrogen and oxygen atoms in total. The van der Waals surface area contributed by atoms with Gasteiger partial charge in [-0.15, -0.1) is 0 Å². The van der Waals surface area contributed by atoms with Gasteiger partial charge in [-0.05, 0) is 25.7 Å². The summed E-state index contributed by atoms with van der Waals surface area (Å²) in [7, 11) is 0. The molecule has 2 N–H and O–H groups in total. The lowest BCUT2D eigenvalue weighted by molar-refractivity contribution is -0.146. The second-order valence-corrected chi connectivity index (χ2v) is 7.54. The van der Waals surface area contributed by atoms with Crippen molar-refractivity contribution in [2.45, 2.75) is 62.7 Å². The topological polar surface area (TPSA) is 98.8 Å². The van der Waals surface area contributed by atoms with Gasteiger partial charge in [0.05, 0.1) is 0 Å². The van der Waals surface area contributed by atoms with Gasteiger partial charge in [-0.25, -0.2) is 4.79 Å². The molecular weight excluding hydrogens is 381 g/mol. The Morgan fingerprint density at radius 2 is 1.82 bits per heavy atom. The van der Waals surface area contributed by atoms with Crippen LogP contribution in [-0.4, -0.2) is 70.9 Å². The minimum atomic E-state index is -4.54. The van der Waals surface area contributed by atoms with E-state index in [-0.39, 0.29) is 13.0 Å². The first-order valence-electron chi connectivity index (χ1n) is 9.41. The number of alkyl halides is 3. The summed E-state index contributed by atoms with van der Waals surface area (Å²) in [4.78, 5) is 51.7. The fraction of sp³-hybridized carbons (Fsp3) is 0.765. The highest BCUT2D eigenvalue weighted by Crippen LogP contribution is 2.33. The monoisotopic (exact) mass is 404 g/mol. The maximum atomic E-state index is 12.7. The summed E-state index contributed by atoms with van der Waals surface area (Å²) in [5.74, 6) is -1.95. The Hall–Kier alpha value is -2.33. The standard InChI is InChI=1S/C17H23F3N4O4/c18-17(19,20)10-21-13(26)11-5-4-8-23(11)12(25)9-24-14(27)16(22-15(24)28)6-2-1-3-7-16/h11H,1-10H2,(H,21,26)(H,22,28). The number of amides is 5. The zero-order chi connectivity index (χ0) is 20.5. The van der Waals surface area contributed by atoms with Crippen molar-refractivity contribution in [3.8, 4) is 0 Å². The van der Waals surface area contributed by atoms with Crippen LogP contribution in [0.1, 0.15) is 44.9 Å². The summed E-state index contributed by atoms with van der Waals surface area (Å²) in [6.45, 7) is -1.80. The van der Waals surface area contributed by atoms with E-state index < -0.39 is 54.6 Å². The van der Waals surface area contributed by atoms with E-state index in [4.69, 9.17) is 0 Å². The molecule has 0 aromatic heterocycles. The lowest BCUT2D eigenvalue weighted by Gasteiger charge is -2.30. The molecule has 1 spiro atoms. The van der Waals surface area contributed by atoms with E-state index in [1.807, 2.05) is 0 Å². The van der Waals surface area contributed by atoms with E-state index >= 15 is 0 Å². The second kappa shape index (κ2) is 7.59. The van der Waals surface area contributed by atoms with Gasteiger partial charge in [-0.1, -0.05) is 19.3 Å². The predicted octanol–water partition coefficient (Wildman–Crippen LogP) is 0.911. The molecule has 1 aliphatic carbocycles. The van der Waals surface area contributed by atoms with E-state index in [0.717, 1.165) is 29.1 Å². The SMILES string of the molecule is O=C(NCC(F)(F)F)C1CCCN1C(=O)CN1C(=O)NC2(CCCCC2)C1=O. The number of imide groups is 1. The Kier molecular flexibility index (Phi) is 5.53. The number of carbonyl (C=O) groups excluding carboxylic acids is 4. The average Bonchev–Trinajstić information content (AvgIpc) is 3.20. The molecule has 3 rings (SSSR count). The Morgan fingerprint density at radius 3 is 2.46 bits per heavy atom. The number of hydrogen-bond donors (Lipinski definition) is 2. The molecule has 11 heteroatoms. The first kappa shape index (κ1) is 20.4. The van der Waals surface area contributed by atoms with Crippen molar-refractivity contribution in [2.24, 2.45) is 0 Å².